The predicted molar refractivity (Wildman–Crippen MR) is 101 cm³/mol. The number of H-pyrrole nitrogens is 1. The lowest BCUT2D eigenvalue weighted by molar-refractivity contribution is 0.0496. The number of hydrogen-bond donors (Lipinski definition) is 2. The van der Waals surface area contributed by atoms with Gasteiger partial charge in [0.1, 0.15) is 5.75 Å². The van der Waals surface area contributed by atoms with Crippen molar-refractivity contribution < 1.29 is 14.3 Å². The van der Waals surface area contributed by atoms with Crippen LogP contribution >= 0.6 is 0 Å². The van der Waals surface area contributed by atoms with Crippen LogP contribution in [-0.4, -0.2) is 35.9 Å². The number of rotatable bonds is 6. The van der Waals surface area contributed by atoms with Gasteiger partial charge < -0.3 is 14.8 Å². The lowest BCUT2D eigenvalue weighted by atomic mass is 10.0. The number of aryl methyl sites for hydroxylation is 1. The zero-order valence-corrected chi connectivity index (χ0v) is 15.7. The largest absolute Gasteiger partial charge is 0.493 e. The minimum absolute atomic E-state index is 0.165. The van der Waals surface area contributed by atoms with Crippen molar-refractivity contribution in [3.63, 3.8) is 0 Å². The molecule has 1 saturated heterocycles. The smallest absolute Gasteiger partial charge is 0.259 e. The van der Waals surface area contributed by atoms with Crippen LogP contribution < -0.4 is 10.1 Å². The van der Waals surface area contributed by atoms with Gasteiger partial charge >= 0.3 is 0 Å². The van der Waals surface area contributed by atoms with E-state index in [0.717, 1.165) is 48.7 Å². The molecule has 0 saturated carbocycles. The molecule has 26 heavy (non-hydrogen) atoms. The number of amides is 1. The molecule has 1 aliphatic heterocycles. The first-order valence-corrected chi connectivity index (χ1v) is 9.20. The Morgan fingerprint density at radius 2 is 2.15 bits per heavy atom. The van der Waals surface area contributed by atoms with E-state index >= 15 is 0 Å². The molecule has 1 aromatic heterocycles. The molecule has 2 N–H and O–H groups in total. The molecule has 6 nitrogen and oxygen atoms in total. The fraction of sp³-hybridized carbons (Fsp3) is 0.500. The van der Waals surface area contributed by atoms with E-state index in [1.807, 2.05) is 39.0 Å². The van der Waals surface area contributed by atoms with Crippen molar-refractivity contribution in [3.8, 4) is 5.75 Å². The third kappa shape index (κ3) is 4.43. The highest BCUT2D eigenvalue weighted by Crippen LogP contribution is 2.26. The van der Waals surface area contributed by atoms with Crippen molar-refractivity contribution in [1.82, 2.24) is 10.2 Å². The molecule has 1 aliphatic rings. The van der Waals surface area contributed by atoms with Crippen molar-refractivity contribution >= 4 is 11.6 Å². The molecule has 3 rings (SSSR count). The molecule has 2 heterocycles. The molecule has 0 bridgehead atoms. The van der Waals surface area contributed by atoms with Gasteiger partial charge in [0, 0.05) is 25.0 Å². The third-order valence-corrected chi connectivity index (χ3v) is 4.75. The second kappa shape index (κ2) is 8.36. The van der Waals surface area contributed by atoms with Crippen LogP contribution in [0.15, 0.2) is 24.4 Å². The number of anilines is 1. The van der Waals surface area contributed by atoms with Crippen molar-refractivity contribution in [2.24, 2.45) is 5.92 Å². The quantitative estimate of drug-likeness (QED) is 0.822. The summed E-state index contributed by atoms with van der Waals surface area (Å²) >= 11 is 0. The fourth-order valence-corrected chi connectivity index (χ4v) is 3.07. The van der Waals surface area contributed by atoms with Gasteiger partial charge in [-0.1, -0.05) is 19.9 Å². The van der Waals surface area contributed by atoms with E-state index in [1.54, 1.807) is 6.20 Å². The monoisotopic (exact) mass is 357 g/mol. The average molecular weight is 357 g/mol. The molecule has 140 valence electrons. The van der Waals surface area contributed by atoms with Crippen LogP contribution in [0.1, 0.15) is 54.2 Å². The summed E-state index contributed by atoms with van der Waals surface area (Å²) in [5, 5.41) is 9.85. The molecule has 0 radical (unpaired) electrons. The summed E-state index contributed by atoms with van der Waals surface area (Å²) < 4.78 is 11.4. The van der Waals surface area contributed by atoms with Crippen molar-refractivity contribution in [2.75, 3.05) is 25.1 Å². The number of hydrogen-bond acceptors (Lipinski definition) is 4. The number of benzene rings is 1. The first-order chi connectivity index (χ1) is 12.5. The van der Waals surface area contributed by atoms with Gasteiger partial charge in [-0.25, -0.2) is 0 Å². The van der Waals surface area contributed by atoms with Gasteiger partial charge in [-0.2, -0.15) is 5.10 Å². The van der Waals surface area contributed by atoms with Gasteiger partial charge in [0.25, 0.3) is 5.91 Å². The Labute approximate surface area is 154 Å². The number of carbonyl (C=O) groups excluding carboxylic acids is 1. The Morgan fingerprint density at radius 3 is 2.88 bits per heavy atom. The topological polar surface area (TPSA) is 76.2 Å². The second-order valence-electron chi connectivity index (χ2n) is 7.15. The van der Waals surface area contributed by atoms with Crippen LogP contribution in [0.25, 0.3) is 0 Å². The molecule has 1 fully saturated rings. The van der Waals surface area contributed by atoms with Crippen LogP contribution in [0, 0.1) is 12.8 Å². The minimum atomic E-state index is -0.165. The summed E-state index contributed by atoms with van der Waals surface area (Å²) in [4.78, 5) is 12.6. The first kappa shape index (κ1) is 18.5. The highest BCUT2D eigenvalue weighted by atomic mass is 16.5. The van der Waals surface area contributed by atoms with Gasteiger partial charge in [-0.3, -0.25) is 9.89 Å². The summed E-state index contributed by atoms with van der Waals surface area (Å²) in [6, 6.07) is 5.75. The van der Waals surface area contributed by atoms with Crippen LogP contribution in [0.4, 0.5) is 5.69 Å². The number of nitrogens with one attached hydrogen (secondary N) is 2. The summed E-state index contributed by atoms with van der Waals surface area (Å²) in [5.41, 5.74) is 3.19. The van der Waals surface area contributed by atoms with Crippen LogP contribution in [0.3, 0.4) is 0 Å². The van der Waals surface area contributed by atoms with E-state index < -0.39 is 0 Å². The molecule has 6 heteroatoms. The molecule has 0 spiro atoms. The van der Waals surface area contributed by atoms with Gasteiger partial charge in [0.05, 0.1) is 24.1 Å². The Hall–Kier alpha value is -2.34. The first-order valence-electron chi connectivity index (χ1n) is 9.20. The summed E-state index contributed by atoms with van der Waals surface area (Å²) in [6.45, 7) is 8.37. The molecular formula is C20H27N3O3. The minimum Gasteiger partial charge on any atom is -0.493 e. The van der Waals surface area contributed by atoms with Crippen LogP contribution in [0.5, 0.6) is 5.75 Å². The van der Waals surface area contributed by atoms with Crippen molar-refractivity contribution in [1.29, 1.82) is 0 Å². The highest BCUT2D eigenvalue weighted by Gasteiger charge is 2.17. The number of aromatic nitrogens is 2. The zero-order valence-electron chi connectivity index (χ0n) is 15.7. The molecule has 1 aromatic carbocycles. The lowest BCUT2D eigenvalue weighted by Crippen LogP contribution is -2.21. The van der Waals surface area contributed by atoms with E-state index in [1.165, 1.54) is 0 Å². The van der Waals surface area contributed by atoms with E-state index in [-0.39, 0.29) is 11.8 Å². The molecule has 1 amide bonds. The van der Waals surface area contributed by atoms with E-state index in [0.29, 0.717) is 18.1 Å². The van der Waals surface area contributed by atoms with Gasteiger partial charge in [0.2, 0.25) is 0 Å². The number of carbonyl (C=O) groups is 1. The van der Waals surface area contributed by atoms with E-state index in [4.69, 9.17) is 9.47 Å². The zero-order chi connectivity index (χ0) is 18.5. The van der Waals surface area contributed by atoms with E-state index in [2.05, 4.69) is 15.5 Å². The normalized spacial score (nSPS) is 15.2. The van der Waals surface area contributed by atoms with Gasteiger partial charge in [-0.15, -0.1) is 0 Å². The fourth-order valence-electron chi connectivity index (χ4n) is 3.07. The number of nitrogens with zero attached hydrogens (tertiary/aromatic N) is 1. The maximum Gasteiger partial charge on any atom is 0.259 e. The second-order valence-corrected chi connectivity index (χ2v) is 7.15. The van der Waals surface area contributed by atoms with Crippen LogP contribution in [0.2, 0.25) is 0 Å². The third-order valence-electron chi connectivity index (χ3n) is 4.75. The molecule has 0 unspecified atom stereocenters. The van der Waals surface area contributed by atoms with Crippen molar-refractivity contribution in [2.45, 2.75) is 39.5 Å². The summed E-state index contributed by atoms with van der Waals surface area (Å²) in [5.74, 6) is 1.38. The number of ether oxygens (including phenoxy) is 2. The van der Waals surface area contributed by atoms with Gasteiger partial charge in [0.15, 0.2) is 0 Å². The van der Waals surface area contributed by atoms with Crippen molar-refractivity contribution in [3.05, 3.63) is 41.2 Å². The maximum atomic E-state index is 12.6. The molecule has 0 aliphatic carbocycles. The highest BCUT2D eigenvalue weighted by molar-refractivity contribution is 6.05. The summed E-state index contributed by atoms with van der Waals surface area (Å²) in [7, 11) is 0. The molecule has 0 atom stereocenters. The SMILES string of the molecule is Cc1ccc(NC(=O)c2cn[nH]c2C(C)C)cc1OCC1CCOCC1. The van der Waals surface area contributed by atoms with Crippen LogP contribution in [-0.2, 0) is 4.74 Å². The standard InChI is InChI=1S/C20H27N3O3/c1-13(2)19-17(11-21-23-19)20(24)22-16-5-4-14(3)18(10-16)26-12-15-6-8-25-9-7-15/h4-5,10-11,13,15H,6-9,12H2,1-3H3,(H,21,23)(H,22,24). The number of aromatic amines is 1. The predicted octanol–water partition coefficient (Wildman–Crippen LogP) is 3.90. The summed E-state index contributed by atoms with van der Waals surface area (Å²) in [6.07, 6.45) is 3.64. The Morgan fingerprint density at radius 1 is 1.38 bits per heavy atom. The van der Waals surface area contributed by atoms with Gasteiger partial charge in [-0.05, 0) is 43.2 Å². The Kier molecular flexibility index (Phi) is 5.93. The average Bonchev–Trinajstić information content (AvgIpc) is 3.13. The molecular weight excluding hydrogens is 330 g/mol. The Balaban J connectivity index is 1.66. The van der Waals surface area contributed by atoms with E-state index in [9.17, 15) is 4.79 Å². The molecule has 2 aromatic rings. The Bertz CT molecular complexity index is 749. The maximum absolute atomic E-state index is 12.6. The lowest BCUT2D eigenvalue weighted by Gasteiger charge is -2.22.